The molecule has 102 valence electrons. The largest absolute Gasteiger partial charge is 0.361 e. The molecule has 0 aliphatic carbocycles. The van der Waals surface area contributed by atoms with E-state index in [-0.39, 0.29) is 11.6 Å². The number of H-pyrrole nitrogens is 2. The summed E-state index contributed by atoms with van der Waals surface area (Å²) in [5.41, 5.74) is 8.86. The van der Waals surface area contributed by atoms with Gasteiger partial charge in [-0.25, -0.2) is 4.98 Å². The Hall–Kier alpha value is -2.40. The van der Waals surface area contributed by atoms with Gasteiger partial charge in [0.05, 0.1) is 11.7 Å². The SMILES string of the molecule is Cc1nc([C@@H](N)Cc2c[nH]c3ccccc23)cc(=O)[nH]1. The quantitative estimate of drug-likeness (QED) is 0.677. The topological polar surface area (TPSA) is 87.6 Å². The lowest BCUT2D eigenvalue weighted by Crippen LogP contribution is -2.19. The first-order chi connectivity index (χ1) is 9.63. The summed E-state index contributed by atoms with van der Waals surface area (Å²) in [6.45, 7) is 1.75. The van der Waals surface area contributed by atoms with Crippen LogP contribution < -0.4 is 11.3 Å². The van der Waals surface area contributed by atoms with Crippen molar-refractivity contribution < 1.29 is 0 Å². The normalized spacial score (nSPS) is 12.7. The van der Waals surface area contributed by atoms with Crippen LogP contribution in [-0.2, 0) is 6.42 Å². The van der Waals surface area contributed by atoms with Gasteiger partial charge in [-0.2, -0.15) is 0 Å². The van der Waals surface area contributed by atoms with Crippen molar-refractivity contribution in [3.63, 3.8) is 0 Å². The second-order valence-electron chi connectivity index (χ2n) is 4.93. The first-order valence-corrected chi connectivity index (χ1v) is 6.52. The monoisotopic (exact) mass is 268 g/mol. The van der Waals surface area contributed by atoms with Crippen molar-refractivity contribution in [3.05, 3.63) is 64.0 Å². The van der Waals surface area contributed by atoms with Gasteiger partial charge in [-0.3, -0.25) is 4.79 Å². The summed E-state index contributed by atoms with van der Waals surface area (Å²) in [4.78, 5) is 21.6. The second kappa shape index (κ2) is 4.94. The summed E-state index contributed by atoms with van der Waals surface area (Å²) in [7, 11) is 0. The van der Waals surface area contributed by atoms with E-state index in [1.807, 2.05) is 24.4 Å². The molecular formula is C15H16N4O. The molecule has 0 saturated carbocycles. The van der Waals surface area contributed by atoms with Crippen LogP contribution in [0.25, 0.3) is 10.9 Å². The summed E-state index contributed by atoms with van der Waals surface area (Å²) in [5.74, 6) is 0.585. The lowest BCUT2D eigenvalue weighted by molar-refractivity contribution is 0.688. The van der Waals surface area contributed by atoms with Crippen LogP contribution >= 0.6 is 0 Å². The number of rotatable bonds is 3. The molecule has 5 heteroatoms. The second-order valence-corrected chi connectivity index (χ2v) is 4.93. The minimum absolute atomic E-state index is 0.165. The van der Waals surface area contributed by atoms with E-state index in [9.17, 15) is 4.79 Å². The number of nitrogens with zero attached hydrogens (tertiary/aromatic N) is 1. The van der Waals surface area contributed by atoms with Gasteiger partial charge in [0.25, 0.3) is 5.56 Å². The predicted octanol–water partition coefficient (Wildman–Crippen LogP) is 1.80. The zero-order chi connectivity index (χ0) is 14.1. The minimum Gasteiger partial charge on any atom is -0.361 e. The van der Waals surface area contributed by atoms with E-state index in [1.165, 1.54) is 6.07 Å². The average molecular weight is 268 g/mol. The summed E-state index contributed by atoms with van der Waals surface area (Å²) in [5, 5.41) is 1.16. The Morgan fingerprint density at radius 3 is 2.95 bits per heavy atom. The molecule has 20 heavy (non-hydrogen) atoms. The Labute approximate surface area is 115 Å². The van der Waals surface area contributed by atoms with Gasteiger partial charge in [0.15, 0.2) is 0 Å². The molecule has 2 aromatic heterocycles. The molecule has 1 aromatic carbocycles. The predicted molar refractivity (Wildman–Crippen MR) is 78.5 cm³/mol. The van der Waals surface area contributed by atoms with Crippen molar-refractivity contribution in [2.75, 3.05) is 0 Å². The van der Waals surface area contributed by atoms with Crippen molar-refractivity contribution in [2.24, 2.45) is 5.73 Å². The molecule has 0 spiro atoms. The van der Waals surface area contributed by atoms with Crippen LogP contribution in [0.4, 0.5) is 0 Å². The Morgan fingerprint density at radius 2 is 2.15 bits per heavy atom. The van der Waals surface area contributed by atoms with Gasteiger partial charge < -0.3 is 15.7 Å². The number of fused-ring (bicyclic) bond motifs is 1. The Morgan fingerprint density at radius 1 is 1.35 bits per heavy atom. The first-order valence-electron chi connectivity index (χ1n) is 6.52. The van der Waals surface area contributed by atoms with Crippen LogP contribution in [0.3, 0.4) is 0 Å². The molecule has 0 aliphatic rings. The molecule has 2 heterocycles. The fraction of sp³-hybridized carbons (Fsp3) is 0.200. The van der Waals surface area contributed by atoms with Gasteiger partial charge in [0.1, 0.15) is 5.82 Å². The maximum Gasteiger partial charge on any atom is 0.251 e. The number of aryl methyl sites for hydroxylation is 1. The van der Waals surface area contributed by atoms with Crippen LogP contribution in [0, 0.1) is 6.92 Å². The molecule has 0 saturated heterocycles. The summed E-state index contributed by atoms with van der Waals surface area (Å²) < 4.78 is 0. The minimum atomic E-state index is -0.296. The maximum atomic E-state index is 11.5. The van der Waals surface area contributed by atoms with E-state index >= 15 is 0 Å². The summed E-state index contributed by atoms with van der Waals surface area (Å²) in [6.07, 6.45) is 2.60. The number of hydrogen-bond acceptors (Lipinski definition) is 3. The van der Waals surface area contributed by atoms with Gasteiger partial charge in [-0.1, -0.05) is 18.2 Å². The highest BCUT2D eigenvalue weighted by molar-refractivity contribution is 5.83. The van der Waals surface area contributed by atoms with Gasteiger partial charge >= 0.3 is 0 Å². The first kappa shape index (κ1) is 12.6. The standard InChI is InChI=1S/C15H16N4O/c1-9-18-14(7-15(20)19-9)12(16)6-10-8-17-13-5-3-2-4-11(10)13/h2-5,7-8,12,17H,6,16H2,1H3,(H,18,19,20)/t12-/m0/s1. The number of nitrogens with two attached hydrogens (primary N) is 1. The van der Waals surface area contributed by atoms with Gasteiger partial charge in [0.2, 0.25) is 0 Å². The van der Waals surface area contributed by atoms with Gasteiger partial charge in [0, 0.05) is 23.2 Å². The maximum absolute atomic E-state index is 11.5. The molecule has 0 unspecified atom stereocenters. The molecule has 0 amide bonds. The van der Waals surface area contributed by atoms with Crippen molar-refractivity contribution in [3.8, 4) is 0 Å². The number of nitrogens with one attached hydrogen (secondary N) is 2. The van der Waals surface area contributed by atoms with E-state index in [2.05, 4.69) is 21.0 Å². The highest BCUT2D eigenvalue weighted by Crippen LogP contribution is 2.22. The van der Waals surface area contributed by atoms with Crippen LogP contribution in [0.5, 0.6) is 0 Å². The molecule has 4 N–H and O–H groups in total. The van der Waals surface area contributed by atoms with Crippen LogP contribution in [0.1, 0.15) is 23.1 Å². The fourth-order valence-corrected chi connectivity index (χ4v) is 2.43. The molecule has 0 radical (unpaired) electrons. The third-order valence-electron chi connectivity index (χ3n) is 3.37. The molecule has 3 rings (SSSR count). The third-order valence-corrected chi connectivity index (χ3v) is 3.37. The molecule has 3 aromatic rings. The fourth-order valence-electron chi connectivity index (χ4n) is 2.43. The van der Waals surface area contributed by atoms with Crippen molar-refractivity contribution in [2.45, 2.75) is 19.4 Å². The smallest absolute Gasteiger partial charge is 0.251 e. The third kappa shape index (κ3) is 2.35. The van der Waals surface area contributed by atoms with Crippen molar-refractivity contribution >= 4 is 10.9 Å². The summed E-state index contributed by atoms with van der Waals surface area (Å²) >= 11 is 0. The van der Waals surface area contributed by atoms with Crippen LogP contribution in [0.15, 0.2) is 41.3 Å². The van der Waals surface area contributed by atoms with Crippen molar-refractivity contribution in [1.82, 2.24) is 15.0 Å². The Balaban J connectivity index is 1.92. The van der Waals surface area contributed by atoms with E-state index in [4.69, 9.17) is 5.73 Å². The van der Waals surface area contributed by atoms with E-state index in [1.54, 1.807) is 6.92 Å². The molecule has 1 atom stereocenters. The number of aromatic amines is 2. The lowest BCUT2D eigenvalue weighted by Gasteiger charge is -2.10. The highest BCUT2D eigenvalue weighted by Gasteiger charge is 2.12. The molecule has 0 fully saturated rings. The number of hydrogen-bond donors (Lipinski definition) is 3. The van der Waals surface area contributed by atoms with Crippen molar-refractivity contribution in [1.29, 1.82) is 0 Å². The zero-order valence-electron chi connectivity index (χ0n) is 11.2. The molecular weight excluding hydrogens is 252 g/mol. The average Bonchev–Trinajstić information content (AvgIpc) is 2.81. The van der Waals surface area contributed by atoms with Crippen LogP contribution in [-0.4, -0.2) is 15.0 Å². The zero-order valence-corrected chi connectivity index (χ0v) is 11.2. The number of para-hydroxylation sites is 1. The van der Waals surface area contributed by atoms with Gasteiger partial charge in [-0.05, 0) is 25.0 Å². The summed E-state index contributed by atoms with van der Waals surface area (Å²) in [6, 6.07) is 9.25. The van der Waals surface area contributed by atoms with Crippen LogP contribution in [0.2, 0.25) is 0 Å². The van der Waals surface area contributed by atoms with Gasteiger partial charge in [-0.15, -0.1) is 0 Å². The molecule has 0 bridgehead atoms. The van der Waals surface area contributed by atoms with E-state index in [0.717, 1.165) is 16.5 Å². The van der Waals surface area contributed by atoms with E-state index in [0.29, 0.717) is 17.9 Å². The molecule has 5 nitrogen and oxygen atoms in total. The number of aromatic nitrogens is 3. The lowest BCUT2D eigenvalue weighted by atomic mass is 10.0. The molecule has 0 aliphatic heterocycles. The Kier molecular flexibility index (Phi) is 3.12. The Bertz CT molecular complexity index is 803. The number of benzene rings is 1. The highest BCUT2D eigenvalue weighted by atomic mass is 16.1. The van der Waals surface area contributed by atoms with E-state index < -0.39 is 0 Å².